The van der Waals surface area contributed by atoms with Crippen LogP contribution in [-0.2, 0) is 23.2 Å². The van der Waals surface area contributed by atoms with Crippen molar-refractivity contribution in [3.63, 3.8) is 0 Å². The van der Waals surface area contributed by atoms with E-state index in [9.17, 15) is 51.4 Å². The number of rotatable bonds is 19. The van der Waals surface area contributed by atoms with E-state index in [2.05, 4.69) is 48.0 Å². The quantitative estimate of drug-likeness (QED) is 0.0259. The number of hydrogen-bond acceptors (Lipinski definition) is 19. The number of benzene rings is 4. The van der Waals surface area contributed by atoms with Crippen LogP contribution in [0.25, 0.3) is 27.4 Å². The highest BCUT2D eigenvalue weighted by atomic mass is 32.2. The topological polar surface area (TPSA) is 281 Å². The molecule has 1 N–H and O–H groups in total. The van der Waals surface area contributed by atoms with Gasteiger partial charge in [0.05, 0.1) is 86.7 Å². The van der Waals surface area contributed by atoms with Crippen molar-refractivity contribution < 1.29 is 82.7 Å². The number of fused-ring (bicyclic) bond motifs is 2. The monoisotopic (exact) mass is 1290 g/mol. The highest BCUT2D eigenvalue weighted by molar-refractivity contribution is 7.87. The normalized spacial score (nSPS) is 15.4. The lowest BCUT2D eigenvalue weighted by molar-refractivity contribution is -0.385. The van der Waals surface area contributed by atoms with Crippen LogP contribution >= 0.6 is 0 Å². The van der Waals surface area contributed by atoms with Gasteiger partial charge in [0.2, 0.25) is 0 Å². The van der Waals surface area contributed by atoms with Gasteiger partial charge in [-0.1, -0.05) is 59.7 Å². The lowest BCUT2D eigenvalue weighted by atomic mass is 10.0. The maximum absolute atomic E-state index is 14.0. The lowest BCUT2D eigenvalue weighted by Gasteiger charge is -2.38. The molecule has 0 spiro atoms. The van der Waals surface area contributed by atoms with Crippen LogP contribution in [0.1, 0.15) is 80.7 Å². The molecule has 2 atom stereocenters. The Morgan fingerprint density at radius 1 is 0.652 bits per heavy atom. The molecule has 1 radical (unpaired) electrons. The Morgan fingerprint density at radius 3 is 1.51 bits per heavy atom. The molecule has 4 heterocycles. The second kappa shape index (κ2) is 28.1. The number of halogens is 3. The summed E-state index contributed by atoms with van der Waals surface area (Å²) in [6.07, 6.45) is 6.18. The van der Waals surface area contributed by atoms with Crippen LogP contribution in [0.4, 0.5) is 24.5 Å². The molecule has 30 heteroatoms. The van der Waals surface area contributed by atoms with E-state index >= 15 is 0 Å². The van der Waals surface area contributed by atoms with Gasteiger partial charge < -0.3 is 51.5 Å². The number of alkyl halides is 3. The minimum Gasteiger partial charge on any atom is -0.537 e. The van der Waals surface area contributed by atoms with Crippen LogP contribution < -0.4 is 23.6 Å². The maximum Gasteiger partial charge on any atom is 0.569 e. The maximum atomic E-state index is 14.0. The van der Waals surface area contributed by atoms with Gasteiger partial charge in [0.1, 0.15) is 22.6 Å². The zero-order valence-corrected chi connectivity index (χ0v) is 54.5. The number of amides is 2. The average molecular weight is 1290 g/mol. The first-order valence-corrected chi connectivity index (χ1v) is 34.7. The number of pyridine rings is 2. The minimum absolute atomic E-state index is 0.00942. The first-order valence-electron chi connectivity index (χ1n) is 27.5. The first-order chi connectivity index (χ1) is 41.5. The summed E-state index contributed by atoms with van der Waals surface area (Å²) in [7, 11) is -4.57. The molecule has 0 unspecified atom stereocenters. The van der Waals surface area contributed by atoms with E-state index in [-0.39, 0.29) is 57.0 Å². The largest absolute Gasteiger partial charge is 0.569 e. The molecule has 0 bridgehead atoms. The fourth-order valence-corrected chi connectivity index (χ4v) is 11.2. The number of carbonyl (C=O) groups excluding carboxylic acids is 2. The van der Waals surface area contributed by atoms with Crippen molar-refractivity contribution in [2.75, 3.05) is 41.7 Å². The summed E-state index contributed by atoms with van der Waals surface area (Å²) in [6, 6.07) is 22.4. The Kier molecular flexibility index (Phi) is 22.1. The number of ether oxygens (including phenoxy) is 4. The standard InChI is InChI=1S/C29H35N3O6Si.C21H29F3N2O9SSi.C9H7BNO2/c1-29(2,3)39(6,7)38-18-22-14-21(19-10-11-24-20(13-19)9-8-12-30-24)17-31(22)28(33)23-15-26(36-4)27(37-5)16-25(23)32(34)35;1-20(2,3)37(6,7)34-12-13-8-14(35-36(30,31)21(22,23)24)11-25(13)19(27)15-9-17(32-4)18(33-5)10-16(15)26(28)29;12-10-13-8-3-4-9-7(6-8)2-1-5-11-9/h8-13,15-17,22H,14,18H2,1-7H3;9-11,13H,8,12H2,1-7H3;1-6,12H/t22-;13-;/m00./s1. The van der Waals surface area contributed by atoms with Gasteiger partial charge in [-0.3, -0.25) is 39.8 Å². The molecule has 0 aliphatic carbocycles. The van der Waals surface area contributed by atoms with E-state index in [0.29, 0.717) is 26.5 Å². The van der Waals surface area contributed by atoms with Crippen molar-refractivity contribution in [3.8, 4) is 28.7 Å². The molecule has 0 saturated heterocycles. The molecule has 2 amide bonds. The molecule has 2 aliphatic rings. The third kappa shape index (κ3) is 16.6. The predicted molar refractivity (Wildman–Crippen MR) is 332 cm³/mol. The SMILES string of the molecule is COc1cc(C(=O)N2C=C(OS(=O)(=O)C(F)(F)F)C[C@H]2CO[Si](C)(C)C(C)(C)C)c([N+](=O)[O-])cc1OC.COc1cc(C(=O)N2C=C(c3ccc4ncccc4c3)C[C@H]2CO[Si](C)(C)C(C)(C)C)c([N+](=O)[O-])cc1OC.O[B]Oc1ccc2ncccc2c1. The molecule has 4 aromatic carbocycles. The van der Waals surface area contributed by atoms with E-state index in [1.54, 1.807) is 29.6 Å². The second-order valence-electron chi connectivity index (χ2n) is 23.5. The lowest BCUT2D eigenvalue weighted by Crippen LogP contribution is -2.45. The molecule has 477 valence electrons. The third-order valence-electron chi connectivity index (χ3n) is 15.7. The van der Waals surface area contributed by atoms with Gasteiger partial charge in [0.15, 0.2) is 39.6 Å². The minimum atomic E-state index is -6.01. The number of aromatic nitrogens is 2. The van der Waals surface area contributed by atoms with Crippen LogP contribution in [0.15, 0.2) is 115 Å². The van der Waals surface area contributed by atoms with Crippen LogP contribution in [0.3, 0.4) is 0 Å². The Bertz CT molecular complexity index is 3790. The first kappa shape index (κ1) is 69.9. The van der Waals surface area contributed by atoms with Gasteiger partial charge in [-0.2, -0.15) is 21.6 Å². The summed E-state index contributed by atoms with van der Waals surface area (Å²) in [5, 5.41) is 33.8. The number of nitro groups is 2. The smallest absolute Gasteiger partial charge is 0.537 e. The summed E-state index contributed by atoms with van der Waals surface area (Å²) >= 11 is 0. The van der Waals surface area contributed by atoms with Gasteiger partial charge in [-0.05, 0) is 96.3 Å². The third-order valence-corrected chi connectivity index (χ3v) is 25.7. The molecule has 89 heavy (non-hydrogen) atoms. The summed E-state index contributed by atoms with van der Waals surface area (Å²) in [6.45, 7) is 20.6. The van der Waals surface area contributed by atoms with E-state index in [1.165, 1.54) is 40.6 Å². The van der Waals surface area contributed by atoms with E-state index in [0.717, 1.165) is 56.2 Å². The van der Waals surface area contributed by atoms with Crippen LogP contribution in [0, 0.1) is 20.2 Å². The molecule has 0 fully saturated rings. The number of hydrogen-bond donors (Lipinski definition) is 1. The van der Waals surface area contributed by atoms with Gasteiger partial charge >= 0.3 is 23.3 Å². The molecule has 8 rings (SSSR count). The van der Waals surface area contributed by atoms with Crippen molar-refractivity contribution in [3.05, 3.63) is 152 Å². The molecule has 23 nitrogen and oxygen atoms in total. The van der Waals surface area contributed by atoms with Gasteiger partial charge in [-0.25, -0.2) is 0 Å². The van der Waals surface area contributed by atoms with Gasteiger partial charge in [0.25, 0.3) is 23.2 Å². The highest BCUT2D eigenvalue weighted by Gasteiger charge is 2.50. The molecule has 2 aromatic heterocycles. The number of carbonyl (C=O) groups is 2. The van der Waals surface area contributed by atoms with Gasteiger partial charge in [-0.15, -0.1) is 0 Å². The summed E-state index contributed by atoms with van der Waals surface area (Å²) in [5.74, 6) is -1.18. The number of methoxy groups -OCH3 is 4. The van der Waals surface area contributed by atoms with Crippen molar-refractivity contribution in [2.24, 2.45) is 0 Å². The molecule has 2 aliphatic heterocycles. The van der Waals surface area contributed by atoms with Crippen molar-refractivity contribution >= 4 is 85.0 Å². The average Bonchev–Trinajstić information content (AvgIpc) is 1.89. The number of nitrogens with zero attached hydrogens (tertiary/aromatic N) is 6. The van der Waals surface area contributed by atoms with Crippen LogP contribution in [0.2, 0.25) is 36.3 Å². The van der Waals surface area contributed by atoms with Gasteiger partial charge in [0, 0.05) is 54.1 Å². The van der Waals surface area contributed by atoms with Crippen molar-refractivity contribution in [2.45, 2.75) is 108 Å². The Balaban J connectivity index is 0.000000236. The Hall–Kier alpha value is -8.16. The fraction of sp³-hybridized carbons (Fsp3) is 0.390. The van der Waals surface area contributed by atoms with Crippen molar-refractivity contribution in [1.82, 2.24) is 19.8 Å². The fourth-order valence-electron chi connectivity index (χ4n) is 8.65. The van der Waals surface area contributed by atoms with Crippen molar-refractivity contribution in [1.29, 1.82) is 0 Å². The molecule has 0 saturated carbocycles. The highest BCUT2D eigenvalue weighted by Crippen LogP contribution is 2.43. The molecular formula is C59H71BF3N6O17SSi2. The Labute approximate surface area is 516 Å². The van der Waals surface area contributed by atoms with E-state index in [4.69, 9.17) is 37.5 Å². The summed E-state index contributed by atoms with van der Waals surface area (Å²) < 4.78 is 104. The van der Waals surface area contributed by atoms with E-state index in [1.807, 2.05) is 88.5 Å². The zero-order chi connectivity index (χ0) is 66.2. The Morgan fingerprint density at radius 2 is 1.08 bits per heavy atom. The summed E-state index contributed by atoms with van der Waals surface area (Å²) in [4.78, 5) is 60.7. The zero-order valence-electron chi connectivity index (χ0n) is 51.7. The molecule has 6 aromatic rings. The number of nitro benzene ring substituents is 2. The summed E-state index contributed by atoms with van der Waals surface area (Å²) in [5.41, 5.74) is -3.53. The van der Waals surface area contributed by atoms with Crippen LogP contribution in [-0.4, -0.2) is 138 Å². The molecular weight excluding hydrogens is 1220 g/mol. The second-order valence-corrected chi connectivity index (χ2v) is 34.6. The predicted octanol–water partition coefficient (Wildman–Crippen LogP) is 12.1. The van der Waals surface area contributed by atoms with E-state index < -0.39 is 83.4 Å². The van der Waals surface area contributed by atoms with Crippen LogP contribution in [0.5, 0.6) is 28.7 Å².